The number of hydrogen-bond donors (Lipinski definition) is 1. The molecule has 2 saturated heterocycles. The summed E-state index contributed by atoms with van der Waals surface area (Å²) in [5, 5.41) is 0. The number of morpholine rings is 1. The molecule has 1 aliphatic carbocycles. The molecular weight excluding hydrogens is 266 g/mol. The second kappa shape index (κ2) is 7.07. The molecule has 5 nitrogen and oxygen atoms in total. The fourth-order valence-electron chi connectivity index (χ4n) is 4.04. The number of nitrogens with zero attached hydrogens (tertiary/aromatic N) is 2. The van der Waals surface area contributed by atoms with Crippen LogP contribution in [0.15, 0.2) is 0 Å². The van der Waals surface area contributed by atoms with Crippen LogP contribution >= 0.6 is 0 Å². The minimum absolute atomic E-state index is 0.185. The Morgan fingerprint density at radius 1 is 1.10 bits per heavy atom. The van der Waals surface area contributed by atoms with Crippen LogP contribution in [0.4, 0.5) is 0 Å². The number of carbonyl (C=O) groups is 1. The van der Waals surface area contributed by atoms with Crippen molar-refractivity contribution in [3.8, 4) is 0 Å². The molecule has 3 rings (SSSR count). The van der Waals surface area contributed by atoms with Crippen LogP contribution in [0, 0.1) is 5.92 Å². The molecule has 1 amide bonds. The number of rotatable bonds is 3. The van der Waals surface area contributed by atoms with Crippen LogP contribution in [0.25, 0.3) is 0 Å². The van der Waals surface area contributed by atoms with E-state index in [1.807, 2.05) is 0 Å². The molecule has 3 fully saturated rings. The molecule has 5 heteroatoms. The maximum Gasteiger partial charge on any atom is 0.226 e. The average Bonchev–Trinajstić information content (AvgIpc) is 2.95. The first kappa shape index (κ1) is 15.3. The van der Waals surface area contributed by atoms with Crippen molar-refractivity contribution in [1.82, 2.24) is 9.80 Å². The smallest absolute Gasteiger partial charge is 0.226 e. The zero-order chi connectivity index (χ0) is 14.7. The lowest BCUT2D eigenvalue weighted by Gasteiger charge is -2.40. The molecule has 1 saturated carbocycles. The Labute approximate surface area is 127 Å². The molecule has 0 radical (unpaired) electrons. The molecule has 3 unspecified atom stereocenters. The van der Waals surface area contributed by atoms with Crippen molar-refractivity contribution in [3.05, 3.63) is 0 Å². The highest BCUT2D eigenvalue weighted by Crippen LogP contribution is 2.29. The number of piperidine rings is 1. The summed E-state index contributed by atoms with van der Waals surface area (Å²) >= 11 is 0. The summed E-state index contributed by atoms with van der Waals surface area (Å²) < 4.78 is 5.42. The minimum atomic E-state index is 0.185. The number of ether oxygens (including phenoxy) is 1. The van der Waals surface area contributed by atoms with E-state index in [2.05, 4.69) is 9.80 Å². The second-order valence-electron chi connectivity index (χ2n) is 6.86. The molecule has 3 aliphatic rings. The monoisotopic (exact) mass is 295 g/mol. The standard InChI is InChI=1S/C16H29N3O2/c17-14-5-4-13(11-14)16(20)19-6-2-1-3-15(19)12-18-7-9-21-10-8-18/h13-15H,1-12,17H2. The Bertz CT molecular complexity index is 357. The van der Waals surface area contributed by atoms with Gasteiger partial charge in [-0.25, -0.2) is 0 Å². The molecule has 120 valence electrons. The molecule has 0 aromatic carbocycles. The van der Waals surface area contributed by atoms with Crippen LogP contribution in [0.2, 0.25) is 0 Å². The first-order valence-electron chi connectivity index (χ1n) is 8.60. The van der Waals surface area contributed by atoms with E-state index in [9.17, 15) is 4.79 Å². The third-order valence-corrected chi connectivity index (χ3v) is 5.31. The van der Waals surface area contributed by atoms with Crippen LogP contribution in [0.3, 0.4) is 0 Å². The molecule has 2 N–H and O–H groups in total. The lowest BCUT2D eigenvalue weighted by molar-refractivity contribution is -0.139. The normalized spacial score (nSPS) is 35.1. The Morgan fingerprint density at radius 2 is 1.90 bits per heavy atom. The van der Waals surface area contributed by atoms with Gasteiger partial charge in [-0.3, -0.25) is 9.69 Å². The molecule has 0 aromatic heterocycles. The molecule has 0 spiro atoms. The van der Waals surface area contributed by atoms with Gasteiger partial charge in [-0.15, -0.1) is 0 Å². The lowest BCUT2D eigenvalue weighted by atomic mass is 9.97. The fraction of sp³-hybridized carbons (Fsp3) is 0.938. The van der Waals surface area contributed by atoms with Crippen molar-refractivity contribution in [2.75, 3.05) is 39.4 Å². The number of hydrogen-bond acceptors (Lipinski definition) is 4. The van der Waals surface area contributed by atoms with Crippen LogP contribution in [0.1, 0.15) is 38.5 Å². The number of carbonyl (C=O) groups excluding carboxylic acids is 1. The highest BCUT2D eigenvalue weighted by Gasteiger charge is 2.35. The number of amides is 1. The molecule has 3 atom stereocenters. The molecule has 0 bridgehead atoms. The van der Waals surface area contributed by atoms with E-state index in [0.29, 0.717) is 11.9 Å². The van der Waals surface area contributed by atoms with Gasteiger partial charge in [-0.05, 0) is 38.5 Å². The SMILES string of the molecule is NC1CCC(C(=O)N2CCCCC2CN2CCOCC2)C1. The van der Waals surface area contributed by atoms with Gasteiger partial charge in [0.25, 0.3) is 0 Å². The van der Waals surface area contributed by atoms with Crippen LogP contribution in [-0.2, 0) is 9.53 Å². The number of nitrogens with two attached hydrogens (primary N) is 1. The Morgan fingerprint density at radius 3 is 2.62 bits per heavy atom. The van der Waals surface area contributed by atoms with E-state index in [1.165, 1.54) is 6.42 Å². The third kappa shape index (κ3) is 3.76. The summed E-state index contributed by atoms with van der Waals surface area (Å²) in [5.74, 6) is 0.561. The average molecular weight is 295 g/mol. The second-order valence-corrected chi connectivity index (χ2v) is 6.86. The van der Waals surface area contributed by atoms with E-state index in [4.69, 9.17) is 10.5 Å². The van der Waals surface area contributed by atoms with E-state index in [1.54, 1.807) is 0 Å². The zero-order valence-corrected chi connectivity index (χ0v) is 13.0. The fourth-order valence-corrected chi connectivity index (χ4v) is 4.04. The predicted octanol–water partition coefficient (Wildman–Crippen LogP) is 0.827. The van der Waals surface area contributed by atoms with Crippen LogP contribution in [-0.4, -0.2) is 67.2 Å². The first-order valence-corrected chi connectivity index (χ1v) is 8.60. The lowest BCUT2D eigenvalue weighted by Crippen LogP contribution is -2.52. The topological polar surface area (TPSA) is 58.8 Å². The van der Waals surface area contributed by atoms with E-state index >= 15 is 0 Å². The van der Waals surface area contributed by atoms with Gasteiger partial charge in [0.2, 0.25) is 5.91 Å². The van der Waals surface area contributed by atoms with Gasteiger partial charge < -0.3 is 15.4 Å². The highest BCUT2D eigenvalue weighted by atomic mass is 16.5. The molecule has 2 heterocycles. The molecule has 21 heavy (non-hydrogen) atoms. The quantitative estimate of drug-likeness (QED) is 0.838. The maximum atomic E-state index is 12.8. The van der Waals surface area contributed by atoms with Gasteiger partial charge in [0.15, 0.2) is 0 Å². The summed E-state index contributed by atoms with van der Waals surface area (Å²) in [6.45, 7) is 5.64. The Hall–Kier alpha value is -0.650. The van der Waals surface area contributed by atoms with Crippen molar-refractivity contribution in [2.45, 2.75) is 50.6 Å². The van der Waals surface area contributed by atoms with Crippen molar-refractivity contribution in [1.29, 1.82) is 0 Å². The highest BCUT2D eigenvalue weighted by molar-refractivity contribution is 5.79. The van der Waals surface area contributed by atoms with Crippen molar-refractivity contribution < 1.29 is 9.53 Å². The van der Waals surface area contributed by atoms with Gasteiger partial charge in [-0.2, -0.15) is 0 Å². The largest absolute Gasteiger partial charge is 0.379 e. The van der Waals surface area contributed by atoms with Crippen molar-refractivity contribution in [2.24, 2.45) is 11.7 Å². The van der Waals surface area contributed by atoms with Gasteiger partial charge in [0.1, 0.15) is 0 Å². The maximum absolute atomic E-state index is 12.8. The van der Waals surface area contributed by atoms with Crippen molar-refractivity contribution in [3.63, 3.8) is 0 Å². The van der Waals surface area contributed by atoms with Gasteiger partial charge in [-0.1, -0.05) is 0 Å². The van der Waals surface area contributed by atoms with Crippen LogP contribution < -0.4 is 5.73 Å². The van der Waals surface area contributed by atoms with E-state index < -0.39 is 0 Å². The molecule has 0 aromatic rings. The summed E-state index contributed by atoms with van der Waals surface area (Å²) in [6, 6.07) is 0.641. The predicted molar refractivity (Wildman–Crippen MR) is 81.9 cm³/mol. The van der Waals surface area contributed by atoms with E-state index in [0.717, 1.165) is 71.5 Å². The minimum Gasteiger partial charge on any atom is -0.379 e. The van der Waals surface area contributed by atoms with E-state index in [-0.39, 0.29) is 12.0 Å². The first-order chi connectivity index (χ1) is 10.2. The summed E-state index contributed by atoms with van der Waals surface area (Å²) in [6.07, 6.45) is 6.45. The summed E-state index contributed by atoms with van der Waals surface area (Å²) in [4.78, 5) is 17.5. The van der Waals surface area contributed by atoms with Gasteiger partial charge in [0, 0.05) is 44.2 Å². The Kier molecular flexibility index (Phi) is 5.14. The third-order valence-electron chi connectivity index (χ3n) is 5.31. The molecule has 2 aliphatic heterocycles. The number of likely N-dealkylation sites (tertiary alicyclic amines) is 1. The zero-order valence-electron chi connectivity index (χ0n) is 13.0. The summed E-state index contributed by atoms with van der Waals surface area (Å²) in [5.41, 5.74) is 5.98. The Balaban J connectivity index is 1.59. The van der Waals surface area contributed by atoms with Crippen molar-refractivity contribution >= 4 is 5.91 Å². The summed E-state index contributed by atoms with van der Waals surface area (Å²) in [7, 11) is 0. The van der Waals surface area contributed by atoms with Crippen LogP contribution in [0.5, 0.6) is 0 Å². The van der Waals surface area contributed by atoms with Gasteiger partial charge in [0.05, 0.1) is 13.2 Å². The van der Waals surface area contributed by atoms with Gasteiger partial charge >= 0.3 is 0 Å². The molecular formula is C16H29N3O2.